The van der Waals surface area contributed by atoms with Crippen molar-refractivity contribution in [2.45, 2.75) is 20.3 Å². The van der Waals surface area contributed by atoms with Crippen molar-refractivity contribution in [3.8, 4) is 0 Å². The van der Waals surface area contributed by atoms with Crippen LogP contribution in [-0.2, 0) is 0 Å². The summed E-state index contributed by atoms with van der Waals surface area (Å²) in [6, 6.07) is 0. The highest BCUT2D eigenvalue weighted by Gasteiger charge is 1.94. The van der Waals surface area contributed by atoms with E-state index in [1.807, 2.05) is 13.8 Å². The Balaban J connectivity index is 2.32. The first kappa shape index (κ1) is 10.6. The number of halogens is 1. The molecular formula is C10H14FN3. The van der Waals surface area contributed by atoms with Crippen molar-refractivity contribution in [3.05, 3.63) is 29.9 Å². The fourth-order valence-corrected chi connectivity index (χ4v) is 0.948. The maximum Gasteiger partial charge on any atom is 0.222 e. The summed E-state index contributed by atoms with van der Waals surface area (Å²) in [6.07, 6.45) is 5.34. The molecule has 0 fully saturated rings. The van der Waals surface area contributed by atoms with Crippen LogP contribution in [0.5, 0.6) is 0 Å². The molecule has 0 saturated heterocycles. The molecule has 0 bridgehead atoms. The lowest BCUT2D eigenvalue weighted by molar-refractivity contribution is 0.614. The highest BCUT2D eigenvalue weighted by Crippen LogP contribution is 1.99. The van der Waals surface area contributed by atoms with Crippen molar-refractivity contribution in [1.29, 1.82) is 0 Å². The maximum absolute atomic E-state index is 12.4. The summed E-state index contributed by atoms with van der Waals surface area (Å²) in [7, 11) is 0. The Hall–Kier alpha value is -1.45. The summed E-state index contributed by atoms with van der Waals surface area (Å²) in [5.74, 6) is 0.0494. The van der Waals surface area contributed by atoms with Crippen LogP contribution in [0.3, 0.4) is 0 Å². The maximum atomic E-state index is 12.4. The zero-order chi connectivity index (χ0) is 10.4. The van der Waals surface area contributed by atoms with Gasteiger partial charge in [0, 0.05) is 6.54 Å². The minimum Gasteiger partial charge on any atom is -0.354 e. The van der Waals surface area contributed by atoms with E-state index < -0.39 is 5.82 Å². The van der Waals surface area contributed by atoms with Gasteiger partial charge in [0.05, 0.1) is 12.4 Å². The van der Waals surface area contributed by atoms with E-state index in [9.17, 15) is 4.39 Å². The third-order valence-electron chi connectivity index (χ3n) is 1.60. The largest absolute Gasteiger partial charge is 0.354 e. The smallest absolute Gasteiger partial charge is 0.222 e. The van der Waals surface area contributed by atoms with E-state index in [0.29, 0.717) is 5.95 Å². The molecular weight excluding hydrogens is 181 g/mol. The Bertz CT molecular complexity index is 302. The number of nitrogens with one attached hydrogen (secondary N) is 1. The second-order valence-electron chi connectivity index (χ2n) is 3.22. The van der Waals surface area contributed by atoms with Gasteiger partial charge in [-0.15, -0.1) is 0 Å². The third kappa shape index (κ3) is 3.98. The van der Waals surface area contributed by atoms with Crippen LogP contribution < -0.4 is 5.32 Å². The summed E-state index contributed by atoms with van der Waals surface area (Å²) in [5, 5.41) is 2.99. The van der Waals surface area contributed by atoms with Crippen LogP contribution in [-0.4, -0.2) is 16.5 Å². The van der Waals surface area contributed by atoms with Crippen molar-refractivity contribution in [2.24, 2.45) is 0 Å². The first-order valence-electron chi connectivity index (χ1n) is 4.53. The topological polar surface area (TPSA) is 37.8 Å². The van der Waals surface area contributed by atoms with Crippen molar-refractivity contribution >= 4 is 5.95 Å². The molecule has 76 valence electrons. The molecule has 0 amide bonds. The van der Waals surface area contributed by atoms with Crippen LogP contribution in [0.25, 0.3) is 0 Å². The molecule has 1 rings (SSSR count). The van der Waals surface area contributed by atoms with Gasteiger partial charge < -0.3 is 5.32 Å². The number of rotatable bonds is 4. The molecule has 0 atom stereocenters. The zero-order valence-electron chi connectivity index (χ0n) is 8.42. The predicted molar refractivity (Wildman–Crippen MR) is 54.5 cm³/mol. The van der Waals surface area contributed by atoms with Gasteiger partial charge in [0.25, 0.3) is 0 Å². The number of allylic oxidation sites excluding steroid dienone is 1. The normalized spacial score (nSPS) is 9.64. The van der Waals surface area contributed by atoms with Crippen molar-refractivity contribution in [2.75, 3.05) is 11.9 Å². The number of nitrogens with zero attached hydrogens (tertiary/aromatic N) is 2. The highest BCUT2D eigenvalue weighted by molar-refractivity contribution is 5.22. The summed E-state index contributed by atoms with van der Waals surface area (Å²) >= 11 is 0. The fourth-order valence-electron chi connectivity index (χ4n) is 0.948. The first-order valence-corrected chi connectivity index (χ1v) is 4.53. The lowest BCUT2D eigenvalue weighted by Gasteiger charge is -2.01. The number of hydrogen-bond acceptors (Lipinski definition) is 3. The zero-order valence-corrected chi connectivity index (χ0v) is 8.42. The van der Waals surface area contributed by atoms with E-state index >= 15 is 0 Å². The molecule has 0 aliphatic rings. The Morgan fingerprint density at radius 3 is 2.64 bits per heavy atom. The van der Waals surface area contributed by atoms with Crippen LogP contribution >= 0.6 is 0 Å². The van der Waals surface area contributed by atoms with Gasteiger partial charge in [0.1, 0.15) is 0 Å². The summed E-state index contributed by atoms with van der Waals surface area (Å²) in [6.45, 7) is 4.86. The predicted octanol–water partition coefficient (Wildman–Crippen LogP) is 2.38. The van der Waals surface area contributed by atoms with Gasteiger partial charge in [0.15, 0.2) is 5.82 Å². The van der Waals surface area contributed by atoms with E-state index in [4.69, 9.17) is 0 Å². The number of aromatic nitrogens is 2. The minimum atomic E-state index is -0.417. The van der Waals surface area contributed by atoms with Crippen LogP contribution in [0.1, 0.15) is 20.3 Å². The molecule has 1 heterocycles. The Kier molecular flexibility index (Phi) is 4.04. The average molecular weight is 195 g/mol. The monoisotopic (exact) mass is 195 g/mol. The number of anilines is 1. The van der Waals surface area contributed by atoms with E-state index in [1.165, 1.54) is 5.57 Å². The second-order valence-corrected chi connectivity index (χ2v) is 3.22. The van der Waals surface area contributed by atoms with Crippen molar-refractivity contribution in [3.63, 3.8) is 0 Å². The van der Waals surface area contributed by atoms with E-state index in [0.717, 1.165) is 25.4 Å². The molecule has 3 nitrogen and oxygen atoms in total. The van der Waals surface area contributed by atoms with Crippen LogP contribution in [0, 0.1) is 5.82 Å². The SMILES string of the molecule is CC(C)=CCCNc1ncc(F)cn1. The average Bonchev–Trinajstić information content (AvgIpc) is 2.15. The molecule has 0 aliphatic heterocycles. The first-order chi connectivity index (χ1) is 6.68. The molecule has 14 heavy (non-hydrogen) atoms. The lowest BCUT2D eigenvalue weighted by atomic mass is 10.3. The molecule has 0 saturated carbocycles. The summed E-state index contributed by atoms with van der Waals surface area (Å²) in [5.41, 5.74) is 1.28. The van der Waals surface area contributed by atoms with Crippen molar-refractivity contribution < 1.29 is 4.39 Å². The number of hydrogen-bond donors (Lipinski definition) is 1. The van der Waals surface area contributed by atoms with Crippen LogP contribution in [0.15, 0.2) is 24.0 Å². The molecule has 0 aliphatic carbocycles. The third-order valence-corrected chi connectivity index (χ3v) is 1.60. The minimum absolute atomic E-state index is 0.417. The van der Waals surface area contributed by atoms with Gasteiger partial charge in [0.2, 0.25) is 5.95 Å². The van der Waals surface area contributed by atoms with E-state index in [2.05, 4.69) is 21.4 Å². The Morgan fingerprint density at radius 2 is 2.07 bits per heavy atom. The Labute approximate surface area is 83.1 Å². The fraction of sp³-hybridized carbons (Fsp3) is 0.400. The van der Waals surface area contributed by atoms with Crippen LogP contribution in [0.4, 0.5) is 10.3 Å². The van der Waals surface area contributed by atoms with Crippen molar-refractivity contribution in [1.82, 2.24) is 9.97 Å². The molecule has 0 aromatic carbocycles. The van der Waals surface area contributed by atoms with Crippen LogP contribution in [0.2, 0.25) is 0 Å². The summed E-state index contributed by atoms with van der Waals surface area (Å²) < 4.78 is 12.4. The molecule has 1 aromatic heterocycles. The highest BCUT2D eigenvalue weighted by atomic mass is 19.1. The molecule has 0 unspecified atom stereocenters. The molecule has 4 heteroatoms. The molecule has 0 radical (unpaired) electrons. The lowest BCUT2D eigenvalue weighted by Crippen LogP contribution is -2.04. The van der Waals surface area contributed by atoms with Gasteiger partial charge in [-0.3, -0.25) is 0 Å². The van der Waals surface area contributed by atoms with E-state index in [1.54, 1.807) is 0 Å². The molecule has 1 aromatic rings. The van der Waals surface area contributed by atoms with Gasteiger partial charge in [-0.05, 0) is 20.3 Å². The molecule has 1 N–H and O–H groups in total. The second kappa shape index (κ2) is 5.32. The van der Waals surface area contributed by atoms with Gasteiger partial charge in [-0.2, -0.15) is 0 Å². The molecule has 0 spiro atoms. The van der Waals surface area contributed by atoms with Gasteiger partial charge >= 0.3 is 0 Å². The summed E-state index contributed by atoms with van der Waals surface area (Å²) in [4.78, 5) is 7.55. The quantitative estimate of drug-likeness (QED) is 0.592. The standard InChI is InChI=1S/C10H14FN3/c1-8(2)4-3-5-12-10-13-6-9(11)7-14-10/h4,6-7H,3,5H2,1-2H3,(H,12,13,14). The Morgan fingerprint density at radius 1 is 1.43 bits per heavy atom. The van der Waals surface area contributed by atoms with Gasteiger partial charge in [-0.1, -0.05) is 11.6 Å². The van der Waals surface area contributed by atoms with Gasteiger partial charge in [-0.25, -0.2) is 14.4 Å². The van der Waals surface area contributed by atoms with E-state index in [-0.39, 0.29) is 0 Å².